The van der Waals surface area contributed by atoms with Crippen LogP contribution in [-0.4, -0.2) is 24.0 Å². The quantitative estimate of drug-likeness (QED) is 0.444. The molecule has 1 heterocycles. The third kappa shape index (κ3) is 3.87. The molecule has 0 bridgehead atoms. The van der Waals surface area contributed by atoms with Gasteiger partial charge in [-0.3, -0.25) is 4.79 Å². The third-order valence-electron chi connectivity index (χ3n) is 5.73. The molecule has 156 valence electrons. The normalized spacial score (nSPS) is 15.7. The standard InChI is InChI=1S/C26H30N2O2/c1-3-5-17-28-25(27-22-14-10-9-13-21(22)26(28)29)24-20-12-8-7-11-19(20)15-16-23(24)30-18-6-4-2/h7-16,25,27H,3-6,17-18H2,1-2H3. The zero-order valence-electron chi connectivity index (χ0n) is 17.9. The molecule has 30 heavy (non-hydrogen) atoms. The molecule has 0 spiro atoms. The highest BCUT2D eigenvalue weighted by Crippen LogP contribution is 2.40. The fourth-order valence-corrected chi connectivity index (χ4v) is 4.09. The van der Waals surface area contributed by atoms with E-state index in [4.69, 9.17) is 4.74 Å². The number of amides is 1. The first kappa shape index (κ1) is 20.3. The van der Waals surface area contributed by atoms with Crippen molar-refractivity contribution in [1.29, 1.82) is 0 Å². The van der Waals surface area contributed by atoms with E-state index in [1.807, 2.05) is 35.2 Å². The number of nitrogens with one attached hydrogen (secondary N) is 1. The SMILES string of the molecule is CCCCOc1ccc2ccccc2c1C1Nc2ccccc2C(=O)N1CCCC. The van der Waals surface area contributed by atoms with Gasteiger partial charge < -0.3 is 15.0 Å². The summed E-state index contributed by atoms with van der Waals surface area (Å²) < 4.78 is 6.24. The Balaban J connectivity index is 1.85. The van der Waals surface area contributed by atoms with Crippen LogP contribution in [0.25, 0.3) is 10.8 Å². The number of ether oxygens (including phenoxy) is 1. The Morgan fingerprint density at radius 1 is 0.933 bits per heavy atom. The summed E-state index contributed by atoms with van der Waals surface area (Å²) in [4.78, 5) is 15.4. The van der Waals surface area contributed by atoms with Crippen LogP contribution in [0.5, 0.6) is 5.75 Å². The molecule has 4 rings (SSSR count). The van der Waals surface area contributed by atoms with Crippen molar-refractivity contribution in [2.75, 3.05) is 18.5 Å². The summed E-state index contributed by atoms with van der Waals surface area (Å²) in [6, 6.07) is 20.3. The second-order valence-electron chi connectivity index (χ2n) is 7.85. The van der Waals surface area contributed by atoms with Crippen molar-refractivity contribution >= 4 is 22.4 Å². The lowest BCUT2D eigenvalue weighted by atomic mass is 9.97. The zero-order chi connectivity index (χ0) is 20.9. The Hall–Kier alpha value is -3.01. The molecule has 3 aromatic rings. The molecule has 3 aromatic carbocycles. The number of para-hydroxylation sites is 1. The van der Waals surface area contributed by atoms with Crippen LogP contribution in [-0.2, 0) is 0 Å². The fraction of sp³-hybridized carbons (Fsp3) is 0.346. The predicted octanol–water partition coefficient (Wildman–Crippen LogP) is 6.39. The van der Waals surface area contributed by atoms with Crippen molar-refractivity contribution in [1.82, 2.24) is 4.90 Å². The van der Waals surface area contributed by atoms with Gasteiger partial charge in [0.25, 0.3) is 5.91 Å². The van der Waals surface area contributed by atoms with E-state index in [1.54, 1.807) is 0 Å². The minimum Gasteiger partial charge on any atom is -0.493 e. The lowest BCUT2D eigenvalue weighted by molar-refractivity contribution is 0.0679. The van der Waals surface area contributed by atoms with E-state index in [2.05, 4.69) is 49.5 Å². The lowest BCUT2D eigenvalue weighted by Crippen LogP contribution is -2.43. The molecule has 1 aliphatic heterocycles. The highest BCUT2D eigenvalue weighted by atomic mass is 16.5. The molecule has 1 unspecified atom stereocenters. The van der Waals surface area contributed by atoms with Crippen molar-refractivity contribution in [2.45, 2.75) is 45.7 Å². The van der Waals surface area contributed by atoms with E-state index in [9.17, 15) is 4.79 Å². The number of hydrogen-bond acceptors (Lipinski definition) is 3. The maximum Gasteiger partial charge on any atom is 0.257 e. The van der Waals surface area contributed by atoms with Crippen LogP contribution < -0.4 is 10.1 Å². The van der Waals surface area contributed by atoms with Crippen molar-refractivity contribution in [3.8, 4) is 5.75 Å². The van der Waals surface area contributed by atoms with E-state index in [0.717, 1.165) is 59.0 Å². The van der Waals surface area contributed by atoms with Crippen molar-refractivity contribution in [2.24, 2.45) is 0 Å². The van der Waals surface area contributed by atoms with Gasteiger partial charge in [-0.25, -0.2) is 0 Å². The van der Waals surface area contributed by atoms with Gasteiger partial charge >= 0.3 is 0 Å². The van der Waals surface area contributed by atoms with Crippen molar-refractivity contribution < 1.29 is 9.53 Å². The minimum atomic E-state index is -0.262. The first-order valence-corrected chi connectivity index (χ1v) is 11.1. The number of carbonyl (C=O) groups excluding carboxylic acids is 1. The maximum absolute atomic E-state index is 13.5. The smallest absolute Gasteiger partial charge is 0.257 e. The van der Waals surface area contributed by atoms with E-state index >= 15 is 0 Å². The first-order chi connectivity index (χ1) is 14.7. The Labute approximate surface area is 178 Å². The number of unbranched alkanes of at least 4 members (excludes halogenated alkanes) is 2. The van der Waals surface area contributed by atoms with Gasteiger partial charge in [-0.1, -0.05) is 69.2 Å². The van der Waals surface area contributed by atoms with E-state index in [0.29, 0.717) is 13.2 Å². The van der Waals surface area contributed by atoms with Crippen LogP contribution in [0.3, 0.4) is 0 Å². The van der Waals surface area contributed by atoms with E-state index < -0.39 is 0 Å². The number of nitrogens with zero attached hydrogens (tertiary/aromatic N) is 1. The summed E-state index contributed by atoms with van der Waals surface area (Å²) in [6.45, 7) is 5.70. The van der Waals surface area contributed by atoms with E-state index in [1.165, 1.54) is 0 Å². The zero-order valence-corrected chi connectivity index (χ0v) is 17.9. The summed E-state index contributed by atoms with van der Waals surface area (Å²) in [5.74, 6) is 0.934. The van der Waals surface area contributed by atoms with Crippen LogP contribution >= 0.6 is 0 Å². The second-order valence-corrected chi connectivity index (χ2v) is 7.85. The molecule has 1 N–H and O–H groups in total. The second kappa shape index (κ2) is 9.21. The summed E-state index contributed by atoms with van der Waals surface area (Å²) in [6.07, 6.45) is 3.82. The molecule has 0 saturated carbocycles. The van der Waals surface area contributed by atoms with Gasteiger partial charge in [0.2, 0.25) is 0 Å². The predicted molar refractivity (Wildman–Crippen MR) is 123 cm³/mol. The molecule has 1 atom stereocenters. The lowest BCUT2D eigenvalue weighted by Gasteiger charge is -2.39. The highest BCUT2D eigenvalue weighted by molar-refractivity contribution is 6.02. The highest BCUT2D eigenvalue weighted by Gasteiger charge is 2.34. The van der Waals surface area contributed by atoms with E-state index in [-0.39, 0.29) is 12.1 Å². The van der Waals surface area contributed by atoms with Gasteiger partial charge in [-0.05, 0) is 41.8 Å². The van der Waals surface area contributed by atoms with Gasteiger partial charge in [-0.15, -0.1) is 0 Å². The fourth-order valence-electron chi connectivity index (χ4n) is 4.09. The van der Waals surface area contributed by atoms with Gasteiger partial charge in [-0.2, -0.15) is 0 Å². The topological polar surface area (TPSA) is 41.6 Å². The number of hydrogen-bond donors (Lipinski definition) is 1. The third-order valence-corrected chi connectivity index (χ3v) is 5.73. The monoisotopic (exact) mass is 402 g/mol. The summed E-state index contributed by atoms with van der Waals surface area (Å²) in [7, 11) is 0. The first-order valence-electron chi connectivity index (χ1n) is 11.1. The molecule has 4 heteroatoms. The van der Waals surface area contributed by atoms with Crippen LogP contribution in [0.1, 0.15) is 61.6 Å². The van der Waals surface area contributed by atoms with Crippen LogP contribution in [0.2, 0.25) is 0 Å². The largest absolute Gasteiger partial charge is 0.493 e. The number of benzene rings is 3. The van der Waals surface area contributed by atoms with Gasteiger partial charge in [0.15, 0.2) is 0 Å². The molecule has 1 aliphatic rings. The molecular formula is C26H30N2O2. The van der Waals surface area contributed by atoms with Crippen LogP contribution in [0, 0.1) is 0 Å². The Morgan fingerprint density at radius 3 is 2.53 bits per heavy atom. The molecule has 0 fully saturated rings. The summed E-state index contributed by atoms with van der Waals surface area (Å²) in [5.41, 5.74) is 2.66. The summed E-state index contributed by atoms with van der Waals surface area (Å²) in [5, 5.41) is 5.93. The average molecular weight is 403 g/mol. The Morgan fingerprint density at radius 2 is 1.70 bits per heavy atom. The molecule has 0 saturated heterocycles. The molecular weight excluding hydrogens is 372 g/mol. The molecule has 0 aromatic heterocycles. The number of fused-ring (bicyclic) bond motifs is 2. The van der Waals surface area contributed by atoms with Crippen LogP contribution in [0.15, 0.2) is 60.7 Å². The van der Waals surface area contributed by atoms with Gasteiger partial charge in [0.1, 0.15) is 11.9 Å². The summed E-state index contributed by atoms with van der Waals surface area (Å²) >= 11 is 0. The Kier molecular flexibility index (Phi) is 6.22. The van der Waals surface area contributed by atoms with Crippen molar-refractivity contribution in [3.05, 3.63) is 71.8 Å². The van der Waals surface area contributed by atoms with Gasteiger partial charge in [0.05, 0.1) is 12.2 Å². The molecule has 4 nitrogen and oxygen atoms in total. The Bertz CT molecular complexity index is 1030. The molecule has 1 amide bonds. The minimum absolute atomic E-state index is 0.0789. The maximum atomic E-state index is 13.5. The van der Waals surface area contributed by atoms with Gasteiger partial charge in [0, 0.05) is 17.8 Å². The number of anilines is 1. The average Bonchev–Trinajstić information content (AvgIpc) is 2.78. The number of carbonyl (C=O) groups is 1. The number of rotatable bonds is 8. The molecule has 0 radical (unpaired) electrons. The van der Waals surface area contributed by atoms with Crippen LogP contribution in [0.4, 0.5) is 5.69 Å². The van der Waals surface area contributed by atoms with Crippen molar-refractivity contribution in [3.63, 3.8) is 0 Å². The molecule has 0 aliphatic carbocycles.